The van der Waals surface area contributed by atoms with Gasteiger partial charge in [0, 0.05) is 46.4 Å². The molecule has 4 aromatic carbocycles. The minimum absolute atomic E-state index is 0.595. The van der Waals surface area contributed by atoms with Gasteiger partial charge in [-0.1, -0.05) is 36.4 Å². The summed E-state index contributed by atoms with van der Waals surface area (Å²) < 4.78 is 16.5. The van der Waals surface area contributed by atoms with E-state index in [1.54, 1.807) is 6.20 Å². The number of benzene rings is 4. The standard InChI is InChI=1S/C39H36N4O2/c1-7-44-31-17-18-40-38(23-31)42-36-14-9-8-13-34(36)35-16-15-33(22-37(35)42)45-32-12-10-11-30(21-32)43-28(6)39(27(5)41-43)29-19-24(2)26(4)25(3)20-29/h8-23H,7H2,1-6H3. The van der Waals surface area contributed by atoms with Crippen LogP contribution in [0.3, 0.4) is 0 Å². The van der Waals surface area contributed by atoms with Gasteiger partial charge < -0.3 is 9.47 Å². The van der Waals surface area contributed by atoms with Crippen molar-refractivity contribution in [3.8, 4) is 39.9 Å². The zero-order valence-corrected chi connectivity index (χ0v) is 26.6. The van der Waals surface area contributed by atoms with E-state index in [9.17, 15) is 0 Å². The highest BCUT2D eigenvalue weighted by molar-refractivity contribution is 6.09. The first-order valence-electron chi connectivity index (χ1n) is 15.4. The number of aromatic nitrogens is 4. The SMILES string of the molecule is CCOc1ccnc(-n2c3ccccc3c3ccc(Oc4cccc(-n5nc(C)c(-c6cc(C)c(C)c(C)c6)c5C)c4)cc32)c1. The number of fused-ring (bicyclic) bond motifs is 3. The molecule has 0 fully saturated rings. The summed E-state index contributed by atoms with van der Waals surface area (Å²) in [6.45, 7) is 13.3. The number of rotatable bonds is 7. The summed E-state index contributed by atoms with van der Waals surface area (Å²) in [6, 6.07) is 31.1. The topological polar surface area (TPSA) is 54.1 Å². The van der Waals surface area contributed by atoms with Crippen LogP contribution in [0.15, 0.2) is 97.2 Å². The Bertz CT molecular complexity index is 2200. The van der Waals surface area contributed by atoms with Crippen LogP contribution in [0.5, 0.6) is 17.2 Å². The van der Waals surface area contributed by atoms with E-state index in [0.29, 0.717) is 6.61 Å². The van der Waals surface area contributed by atoms with Crippen molar-refractivity contribution in [2.45, 2.75) is 41.5 Å². The molecular weight excluding hydrogens is 556 g/mol. The lowest BCUT2D eigenvalue weighted by Gasteiger charge is -2.12. The van der Waals surface area contributed by atoms with Gasteiger partial charge in [-0.3, -0.25) is 4.57 Å². The molecule has 0 unspecified atom stereocenters. The predicted molar refractivity (Wildman–Crippen MR) is 183 cm³/mol. The van der Waals surface area contributed by atoms with E-state index in [1.807, 2.05) is 48.0 Å². The molecule has 0 aliphatic rings. The Labute approximate surface area is 263 Å². The van der Waals surface area contributed by atoms with Crippen LogP contribution in [0.4, 0.5) is 0 Å². The Kier molecular flexibility index (Phi) is 7.13. The van der Waals surface area contributed by atoms with Crippen LogP contribution < -0.4 is 9.47 Å². The van der Waals surface area contributed by atoms with Crippen molar-refractivity contribution in [1.82, 2.24) is 19.3 Å². The second kappa shape index (κ2) is 11.3. The Hall–Kier alpha value is -5.36. The molecule has 0 saturated heterocycles. The van der Waals surface area contributed by atoms with Crippen molar-refractivity contribution in [2.75, 3.05) is 6.61 Å². The number of nitrogens with zero attached hydrogens (tertiary/aromatic N) is 4. The first-order valence-corrected chi connectivity index (χ1v) is 15.4. The lowest BCUT2D eigenvalue weighted by Crippen LogP contribution is -2.00. The second-order valence-corrected chi connectivity index (χ2v) is 11.6. The number of pyridine rings is 1. The third-order valence-corrected chi connectivity index (χ3v) is 8.71. The third-order valence-electron chi connectivity index (χ3n) is 8.71. The van der Waals surface area contributed by atoms with Gasteiger partial charge in [0.25, 0.3) is 0 Å². The summed E-state index contributed by atoms with van der Waals surface area (Å²) in [4.78, 5) is 4.71. The third kappa shape index (κ3) is 5.02. The number of ether oxygens (including phenoxy) is 2. The van der Waals surface area contributed by atoms with Crippen LogP contribution >= 0.6 is 0 Å². The molecule has 7 rings (SSSR count). The maximum atomic E-state index is 6.50. The first-order chi connectivity index (χ1) is 21.8. The zero-order chi connectivity index (χ0) is 31.2. The number of aryl methyl sites for hydroxylation is 3. The van der Waals surface area contributed by atoms with E-state index in [0.717, 1.165) is 61.9 Å². The van der Waals surface area contributed by atoms with E-state index in [4.69, 9.17) is 19.6 Å². The summed E-state index contributed by atoms with van der Waals surface area (Å²) in [5.74, 6) is 3.06. The highest BCUT2D eigenvalue weighted by Crippen LogP contribution is 2.36. The van der Waals surface area contributed by atoms with Crippen LogP contribution in [0.2, 0.25) is 0 Å². The van der Waals surface area contributed by atoms with Crippen LogP contribution in [0, 0.1) is 34.6 Å². The highest BCUT2D eigenvalue weighted by Gasteiger charge is 2.18. The van der Waals surface area contributed by atoms with Gasteiger partial charge in [0.2, 0.25) is 0 Å². The lowest BCUT2D eigenvalue weighted by atomic mass is 9.95. The molecule has 3 aromatic heterocycles. The molecule has 45 heavy (non-hydrogen) atoms. The Morgan fingerprint density at radius 3 is 2.24 bits per heavy atom. The van der Waals surface area contributed by atoms with Crippen molar-refractivity contribution in [2.24, 2.45) is 0 Å². The van der Waals surface area contributed by atoms with Gasteiger partial charge in [-0.25, -0.2) is 9.67 Å². The Balaban J connectivity index is 1.27. The summed E-state index contributed by atoms with van der Waals surface area (Å²) >= 11 is 0. The summed E-state index contributed by atoms with van der Waals surface area (Å²) in [6.07, 6.45) is 1.79. The largest absolute Gasteiger partial charge is 0.494 e. The van der Waals surface area contributed by atoms with Gasteiger partial charge in [-0.2, -0.15) is 5.10 Å². The van der Waals surface area contributed by atoms with Crippen LogP contribution in [-0.4, -0.2) is 25.9 Å². The van der Waals surface area contributed by atoms with E-state index in [1.165, 1.54) is 27.8 Å². The van der Waals surface area contributed by atoms with Crippen molar-refractivity contribution in [3.05, 3.63) is 125 Å². The molecule has 0 amide bonds. The molecule has 224 valence electrons. The van der Waals surface area contributed by atoms with Crippen LogP contribution in [0.1, 0.15) is 35.0 Å². The number of hydrogen-bond acceptors (Lipinski definition) is 4. The smallest absolute Gasteiger partial charge is 0.141 e. The Morgan fingerprint density at radius 1 is 0.689 bits per heavy atom. The minimum atomic E-state index is 0.595. The molecule has 0 aliphatic heterocycles. The predicted octanol–water partition coefficient (Wildman–Crippen LogP) is 9.76. The van der Waals surface area contributed by atoms with Crippen molar-refractivity contribution < 1.29 is 9.47 Å². The molecule has 0 N–H and O–H groups in total. The van der Waals surface area contributed by atoms with Gasteiger partial charge in [0.15, 0.2) is 0 Å². The van der Waals surface area contributed by atoms with Crippen molar-refractivity contribution in [3.63, 3.8) is 0 Å². The van der Waals surface area contributed by atoms with Gasteiger partial charge in [0.1, 0.15) is 23.1 Å². The summed E-state index contributed by atoms with van der Waals surface area (Å²) in [7, 11) is 0. The molecule has 0 bridgehead atoms. The summed E-state index contributed by atoms with van der Waals surface area (Å²) in [5.41, 5.74) is 11.4. The summed E-state index contributed by atoms with van der Waals surface area (Å²) in [5, 5.41) is 7.25. The molecular formula is C39H36N4O2. The quantitative estimate of drug-likeness (QED) is 0.185. The minimum Gasteiger partial charge on any atom is -0.494 e. The van der Waals surface area contributed by atoms with Gasteiger partial charge in [-0.05, 0) is 100 Å². The molecule has 0 aliphatic carbocycles. The van der Waals surface area contributed by atoms with E-state index >= 15 is 0 Å². The molecule has 7 aromatic rings. The maximum Gasteiger partial charge on any atom is 0.141 e. The number of hydrogen-bond donors (Lipinski definition) is 0. The van der Waals surface area contributed by atoms with Gasteiger partial charge in [-0.15, -0.1) is 0 Å². The van der Waals surface area contributed by atoms with E-state index in [-0.39, 0.29) is 0 Å². The van der Waals surface area contributed by atoms with Gasteiger partial charge >= 0.3 is 0 Å². The average molecular weight is 593 g/mol. The second-order valence-electron chi connectivity index (χ2n) is 11.6. The maximum absolute atomic E-state index is 6.50. The van der Waals surface area contributed by atoms with Crippen LogP contribution in [0.25, 0.3) is 44.4 Å². The van der Waals surface area contributed by atoms with Gasteiger partial charge in [0.05, 0.1) is 29.0 Å². The molecule has 6 nitrogen and oxygen atoms in total. The molecule has 3 heterocycles. The molecule has 0 radical (unpaired) electrons. The fourth-order valence-electron chi connectivity index (χ4n) is 6.35. The number of para-hydroxylation sites is 1. The Morgan fingerprint density at radius 2 is 1.44 bits per heavy atom. The van der Waals surface area contributed by atoms with Crippen molar-refractivity contribution in [1.29, 1.82) is 0 Å². The average Bonchev–Trinajstić information content (AvgIpc) is 3.52. The van der Waals surface area contributed by atoms with Crippen molar-refractivity contribution >= 4 is 21.8 Å². The fraction of sp³-hybridized carbons (Fsp3) is 0.179. The fourth-order valence-corrected chi connectivity index (χ4v) is 6.35. The van der Waals surface area contributed by atoms with E-state index in [2.05, 4.69) is 93.8 Å². The lowest BCUT2D eigenvalue weighted by molar-refractivity contribution is 0.340. The molecule has 6 heteroatoms. The molecule has 0 spiro atoms. The zero-order valence-electron chi connectivity index (χ0n) is 26.6. The van der Waals surface area contributed by atoms with Crippen LogP contribution in [-0.2, 0) is 0 Å². The monoisotopic (exact) mass is 592 g/mol. The highest BCUT2D eigenvalue weighted by atomic mass is 16.5. The normalized spacial score (nSPS) is 11.4. The molecule has 0 saturated carbocycles. The van der Waals surface area contributed by atoms with E-state index < -0.39 is 0 Å². The molecule has 0 atom stereocenters. The first kappa shape index (κ1) is 28.4.